The van der Waals surface area contributed by atoms with Crippen LogP contribution in [0.5, 0.6) is 0 Å². The Morgan fingerprint density at radius 1 is 1.50 bits per heavy atom. The molecule has 0 aromatic carbocycles. The topological polar surface area (TPSA) is 59.1 Å². The molecule has 1 heterocycles. The summed E-state index contributed by atoms with van der Waals surface area (Å²) >= 11 is 5.65. The van der Waals surface area contributed by atoms with Gasteiger partial charge in [0, 0.05) is 18.7 Å². The molecule has 0 aliphatic rings. The van der Waals surface area contributed by atoms with Crippen LogP contribution in [0.1, 0.15) is 17.0 Å². The summed E-state index contributed by atoms with van der Waals surface area (Å²) in [7, 11) is 0. The van der Waals surface area contributed by atoms with Gasteiger partial charge >= 0.3 is 6.18 Å². The monoisotopic (exact) mass is 254 g/mol. The van der Waals surface area contributed by atoms with Crippen molar-refractivity contribution in [3.8, 4) is 0 Å². The van der Waals surface area contributed by atoms with Gasteiger partial charge in [0.05, 0.1) is 12.2 Å². The standard InChI is InChI=1S/C9H10ClF3N2O/c10-8-7(5(2-14)4-16)1-6(3-15-8)9(11,12)13/h1,3,5,16H,2,4,14H2. The lowest BCUT2D eigenvalue weighted by Gasteiger charge is -2.15. The van der Waals surface area contributed by atoms with E-state index in [4.69, 9.17) is 22.4 Å². The summed E-state index contributed by atoms with van der Waals surface area (Å²) in [6, 6.07) is 0.864. The smallest absolute Gasteiger partial charge is 0.396 e. The van der Waals surface area contributed by atoms with Crippen LogP contribution in [0.3, 0.4) is 0 Å². The maximum atomic E-state index is 12.4. The van der Waals surface area contributed by atoms with Gasteiger partial charge in [-0.2, -0.15) is 13.2 Å². The molecule has 1 rings (SSSR count). The molecule has 0 spiro atoms. The zero-order valence-corrected chi connectivity index (χ0v) is 8.89. The van der Waals surface area contributed by atoms with Crippen LogP contribution < -0.4 is 5.73 Å². The first-order valence-corrected chi connectivity index (χ1v) is 4.81. The lowest BCUT2D eigenvalue weighted by Crippen LogP contribution is -2.18. The van der Waals surface area contributed by atoms with Crippen molar-refractivity contribution >= 4 is 11.6 Å². The van der Waals surface area contributed by atoms with Gasteiger partial charge in [-0.05, 0) is 11.6 Å². The fraction of sp³-hybridized carbons (Fsp3) is 0.444. The third-order valence-electron chi connectivity index (χ3n) is 2.14. The predicted molar refractivity (Wildman–Crippen MR) is 53.1 cm³/mol. The molecule has 1 aromatic heterocycles. The lowest BCUT2D eigenvalue weighted by molar-refractivity contribution is -0.137. The van der Waals surface area contributed by atoms with Crippen LogP contribution in [0.2, 0.25) is 5.15 Å². The molecule has 0 aliphatic carbocycles. The molecule has 1 unspecified atom stereocenters. The Labute approximate surface area is 95.0 Å². The van der Waals surface area contributed by atoms with Crippen molar-refractivity contribution in [2.45, 2.75) is 12.1 Å². The van der Waals surface area contributed by atoms with E-state index in [1.807, 2.05) is 0 Å². The van der Waals surface area contributed by atoms with Gasteiger partial charge in [0.1, 0.15) is 5.15 Å². The molecule has 3 N–H and O–H groups in total. The zero-order chi connectivity index (χ0) is 12.3. The highest BCUT2D eigenvalue weighted by Gasteiger charge is 2.32. The molecule has 0 radical (unpaired) electrons. The van der Waals surface area contributed by atoms with Crippen molar-refractivity contribution in [1.29, 1.82) is 0 Å². The van der Waals surface area contributed by atoms with E-state index < -0.39 is 17.7 Å². The molecule has 1 atom stereocenters. The summed E-state index contributed by atoms with van der Waals surface area (Å²) < 4.78 is 37.2. The number of alkyl halides is 3. The fourth-order valence-corrected chi connectivity index (χ4v) is 1.46. The van der Waals surface area contributed by atoms with Gasteiger partial charge in [0.2, 0.25) is 0 Å². The van der Waals surface area contributed by atoms with Crippen molar-refractivity contribution in [2.24, 2.45) is 5.73 Å². The quantitative estimate of drug-likeness (QED) is 0.809. The second kappa shape index (κ2) is 4.99. The number of pyridine rings is 1. The van der Waals surface area contributed by atoms with E-state index in [1.165, 1.54) is 0 Å². The Morgan fingerprint density at radius 2 is 2.12 bits per heavy atom. The average molecular weight is 255 g/mol. The minimum Gasteiger partial charge on any atom is -0.396 e. The Bertz CT molecular complexity index is 366. The highest BCUT2D eigenvalue weighted by molar-refractivity contribution is 6.30. The second-order valence-electron chi connectivity index (χ2n) is 3.22. The van der Waals surface area contributed by atoms with Crippen molar-refractivity contribution < 1.29 is 18.3 Å². The van der Waals surface area contributed by atoms with Crippen molar-refractivity contribution in [2.75, 3.05) is 13.2 Å². The summed E-state index contributed by atoms with van der Waals surface area (Å²) in [6.45, 7) is -0.377. The summed E-state index contributed by atoms with van der Waals surface area (Å²) in [5.74, 6) is -0.637. The molecule has 0 amide bonds. The van der Waals surface area contributed by atoms with Gasteiger partial charge in [-0.1, -0.05) is 11.6 Å². The predicted octanol–water partition coefficient (Wildman–Crippen LogP) is 1.79. The zero-order valence-electron chi connectivity index (χ0n) is 8.13. The number of aliphatic hydroxyl groups is 1. The molecule has 7 heteroatoms. The number of nitrogens with zero attached hydrogens (tertiary/aromatic N) is 1. The Morgan fingerprint density at radius 3 is 2.56 bits per heavy atom. The molecule has 0 aliphatic heterocycles. The highest BCUT2D eigenvalue weighted by Crippen LogP contribution is 2.32. The van der Waals surface area contributed by atoms with Crippen LogP contribution in [0.4, 0.5) is 13.2 Å². The maximum absolute atomic E-state index is 12.4. The van der Waals surface area contributed by atoms with E-state index in [0.717, 1.165) is 6.07 Å². The summed E-state index contributed by atoms with van der Waals surface area (Å²) in [5, 5.41) is 8.88. The first-order valence-electron chi connectivity index (χ1n) is 4.43. The molecule has 90 valence electrons. The lowest BCUT2D eigenvalue weighted by atomic mass is 10.0. The molecule has 3 nitrogen and oxygen atoms in total. The second-order valence-corrected chi connectivity index (χ2v) is 3.58. The van der Waals surface area contributed by atoms with Crippen LogP contribution in [0.25, 0.3) is 0 Å². The molecule has 16 heavy (non-hydrogen) atoms. The summed E-state index contributed by atoms with van der Waals surface area (Å²) in [4.78, 5) is 3.44. The minimum absolute atomic E-state index is 0.000783. The van der Waals surface area contributed by atoms with Crippen LogP contribution >= 0.6 is 11.6 Å². The Hall–Kier alpha value is -0.850. The normalized spacial score (nSPS) is 13.9. The third kappa shape index (κ3) is 2.84. The van der Waals surface area contributed by atoms with E-state index in [0.29, 0.717) is 6.20 Å². The Balaban J connectivity index is 3.18. The third-order valence-corrected chi connectivity index (χ3v) is 2.45. The van der Waals surface area contributed by atoms with Crippen LogP contribution in [-0.4, -0.2) is 23.2 Å². The van der Waals surface area contributed by atoms with Crippen LogP contribution in [0.15, 0.2) is 12.3 Å². The van der Waals surface area contributed by atoms with Gasteiger partial charge in [0.25, 0.3) is 0 Å². The molecular formula is C9H10ClF3N2O. The van der Waals surface area contributed by atoms with Crippen LogP contribution in [0, 0.1) is 0 Å². The number of halogens is 4. The number of aliphatic hydroxyl groups excluding tert-OH is 1. The Kier molecular flexibility index (Phi) is 4.12. The number of aromatic nitrogens is 1. The maximum Gasteiger partial charge on any atom is 0.417 e. The van der Waals surface area contributed by atoms with Crippen LogP contribution in [-0.2, 0) is 6.18 Å². The molecule has 0 fully saturated rings. The summed E-state index contributed by atoms with van der Waals surface area (Å²) in [5.41, 5.74) is 4.52. The molecule has 1 aromatic rings. The van der Waals surface area contributed by atoms with Gasteiger partial charge < -0.3 is 10.8 Å². The first-order chi connectivity index (χ1) is 7.40. The van der Waals surface area contributed by atoms with E-state index in [-0.39, 0.29) is 23.9 Å². The molecule has 0 saturated heterocycles. The number of nitrogens with two attached hydrogens (primary N) is 1. The minimum atomic E-state index is -4.49. The van der Waals surface area contributed by atoms with Crippen molar-refractivity contribution in [3.63, 3.8) is 0 Å². The summed E-state index contributed by atoms with van der Waals surface area (Å²) in [6.07, 6.45) is -3.84. The molecule has 0 bridgehead atoms. The fourth-order valence-electron chi connectivity index (χ4n) is 1.21. The van der Waals surface area contributed by atoms with E-state index in [9.17, 15) is 13.2 Å². The number of rotatable bonds is 3. The van der Waals surface area contributed by atoms with Gasteiger partial charge in [-0.3, -0.25) is 0 Å². The molecular weight excluding hydrogens is 245 g/mol. The highest BCUT2D eigenvalue weighted by atomic mass is 35.5. The van der Waals surface area contributed by atoms with Crippen molar-refractivity contribution in [1.82, 2.24) is 4.98 Å². The largest absolute Gasteiger partial charge is 0.417 e. The number of hydrogen-bond donors (Lipinski definition) is 2. The van der Waals surface area contributed by atoms with Gasteiger partial charge in [-0.15, -0.1) is 0 Å². The van der Waals surface area contributed by atoms with Crippen molar-refractivity contribution in [3.05, 3.63) is 28.5 Å². The first kappa shape index (κ1) is 13.2. The van der Waals surface area contributed by atoms with E-state index >= 15 is 0 Å². The SMILES string of the molecule is NCC(CO)c1cc(C(F)(F)F)cnc1Cl. The van der Waals surface area contributed by atoms with Gasteiger partial charge in [-0.25, -0.2) is 4.98 Å². The number of hydrogen-bond acceptors (Lipinski definition) is 3. The molecule has 0 saturated carbocycles. The van der Waals surface area contributed by atoms with E-state index in [2.05, 4.69) is 4.98 Å². The van der Waals surface area contributed by atoms with Gasteiger partial charge in [0.15, 0.2) is 0 Å². The van der Waals surface area contributed by atoms with E-state index in [1.54, 1.807) is 0 Å². The average Bonchev–Trinajstić information content (AvgIpc) is 2.20.